The Morgan fingerprint density at radius 2 is 1.68 bits per heavy atom. The lowest BCUT2D eigenvalue weighted by Gasteiger charge is -2.51. The highest BCUT2D eigenvalue weighted by Crippen LogP contribution is 2.50. The van der Waals surface area contributed by atoms with Crippen molar-refractivity contribution >= 4 is 28.8 Å². The quantitative estimate of drug-likeness (QED) is 0.373. The summed E-state index contributed by atoms with van der Waals surface area (Å²) in [7, 11) is -5.50. The maximum Gasteiger partial charge on any atom is 0.351 e. The third-order valence-corrected chi connectivity index (χ3v) is 18.3. The third kappa shape index (κ3) is 6.02. The van der Waals surface area contributed by atoms with Crippen LogP contribution in [0.3, 0.4) is 0 Å². The number of amides is 1. The Hall–Kier alpha value is -1.38. The van der Waals surface area contributed by atoms with Gasteiger partial charge in [0.25, 0.3) is 0 Å². The van der Waals surface area contributed by atoms with Crippen LogP contribution in [0, 0.1) is 5.92 Å². The molecular weight excluding hydrogens is 518 g/mol. The van der Waals surface area contributed by atoms with Gasteiger partial charge >= 0.3 is 22.8 Å². The van der Waals surface area contributed by atoms with Crippen LogP contribution in [-0.4, -0.2) is 51.4 Å². The van der Waals surface area contributed by atoms with Gasteiger partial charge in [0.2, 0.25) is 5.91 Å². The normalized spacial score (nSPS) is 27.0. The molecule has 0 saturated carbocycles. The highest BCUT2D eigenvalue weighted by Gasteiger charge is 2.61. The number of anilines is 1. The Bertz CT molecular complexity index is 999. The summed E-state index contributed by atoms with van der Waals surface area (Å²) in [6, 6.07) is 1.64. The van der Waals surface area contributed by atoms with Crippen molar-refractivity contribution in [1.82, 2.24) is 9.55 Å². The Kier molecular flexibility index (Phi) is 10.2. The molecule has 1 amide bonds. The standard InChI is InChI=1S/C27H49N3O6Si2/c1-11-12-13-22-25-23(34-26(22)30-15-14-24(28-21(10)31)29-27(30)32)16-33-37(17(2)3,18(4)5)36-38(35-25,19(6)7)20(8)9/h14-15,17-20,22-23,25-26H,11-13,16H2,1-10H3,(H,28,29,31,32)/t22-,23-,25+,26-/m1/s1. The first-order chi connectivity index (χ1) is 17.8. The molecule has 1 N–H and O–H groups in total. The molecule has 1 aromatic heterocycles. The van der Waals surface area contributed by atoms with E-state index in [1.165, 1.54) is 6.92 Å². The van der Waals surface area contributed by atoms with Gasteiger partial charge in [0, 0.05) is 19.0 Å². The number of nitrogens with zero attached hydrogens (tertiary/aromatic N) is 2. The van der Waals surface area contributed by atoms with Crippen LogP contribution in [0.5, 0.6) is 0 Å². The molecule has 216 valence electrons. The summed E-state index contributed by atoms with van der Waals surface area (Å²) < 4.78 is 29.8. The molecule has 9 nitrogen and oxygen atoms in total. The fraction of sp³-hybridized carbons (Fsp3) is 0.815. The van der Waals surface area contributed by atoms with Gasteiger partial charge in [-0.3, -0.25) is 9.36 Å². The van der Waals surface area contributed by atoms with E-state index >= 15 is 0 Å². The number of fused-ring (bicyclic) bond motifs is 1. The van der Waals surface area contributed by atoms with Gasteiger partial charge < -0.3 is 23.0 Å². The zero-order chi connectivity index (χ0) is 28.4. The van der Waals surface area contributed by atoms with E-state index in [4.69, 9.17) is 17.7 Å². The maximum atomic E-state index is 13.1. The molecule has 1 aromatic rings. The molecule has 2 fully saturated rings. The van der Waals surface area contributed by atoms with Crippen molar-refractivity contribution in [2.45, 2.75) is 129 Å². The molecule has 0 spiro atoms. The minimum atomic E-state index is -2.81. The van der Waals surface area contributed by atoms with Crippen molar-refractivity contribution < 1.29 is 22.5 Å². The van der Waals surface area contributed by atoms with Crippen molar-refractivity contribution in [3.8, 4) is 0 Å². The monoisotopic (exact) mass is 567 g/mol. The summed E-state index contributed by atoms with van der Waals surface area (Å²) in [4.78, 5) is 28.7. The average Bonchev–Trinajstić information content (AvgIpc) is 3.12. The SMILES string of the molecule is CCCC[C@@H]1[C@@H]2O[Si](C(C)C)(C(C)C)O[Si](C(C)C)(C(C)C)OC[C@H]2O[C@H]1n1ccc(NC(C)=O)nc1=O. The number of carbonyl (C=O) groups excluding carboxylic acids is 1. The smallest absolute Gasteiger partial charge is 0.351 e. The number of hydrogen-bond acceptors (Lipinski definition) is 7. The zero-order valence-corrected chi connectivity index (χ0v) is 26.9. The minimum Gasteiger partial charge on any atom is -0.414 e. The molecule has 3 heterocycles. The van der Waals surface area contributed by atoms with Crippen LogP contribution in [0.2, 0.25) is 22.2 Å². The predicted octanol–water partition coefficient (Wildman–Crippen LogP) is 5.86. The van der Waals surface area contributed by atoms with E-state index in [0.717, 1.165) is 19.3 Å². The summed E-state index contributed by atoms with van der Waals surface area (Å²) in [5.74, 6) is -0.102. The lowest BCUT2D eigenvalue weighted by molar-refractivity contribution is -0.114. The summed E-state index contributed by atoms with van der Waals surface area (Å²) in [6.07, 6.45) is 3.41. The molecule has 0 aromatic carbocycles. The Balaban J connectivity index is 2.10. The molecule has 2 aliphatic heterocycles. The number of unbranched alkanes of at least 4 members (excludes halogenated alkanes) is 1. The first-order valence-corrected chi connectivity index (χ1v) is 18.3. The highest BCUT2D eigenvalue weighted by atomic mass is 28.5. The van der Waals surface area contributed by atoms with Gasteiger partial charge in [0.05, 0.1) is 12.7 Å². The van der Waals surface area contributed by atoms with Crippen molar-refractivity contribution in [2.24, 2.45) is 5.92 Å². The second kappa shape index (κ2) is 12.4. The van der Waals surface area contributed by atoms with Crippen LogP contribution in [0.25, 0.3) is 0 Å². The van der Waals surface area contributed by atoms with E-state index in [0.29, 0.717) is 6.61 Å². The van der Waals surface area contributed by atoms with E-state index in [1.807, 2.05) is 0 Å². The largest absolute Gasteiger partial charge is 0.414 e. The van der Waals surface area contributed by atoms with E-state index in [1.54, 1.807) is 16.8 Å². The first-order valence-electron chi connectivity index (χ1n) is 14.3. The molecule has 2 aliphatic rings. The Morgan fingerprint density at radius 1 is 1.08 bits per heavy atom. The third-order valence-electron chi connectivity index (χ3n) is 8.10. The van der Waals surface area contributed by atoms with E-state index in [9.17, 15) is 9.59 Å². The summed E-state index contributed by atoms with van der Waals surface area (Å²) >= 11 is 0. The lowest BCUT2D eigenvalue weighted by atomic mass is 9.94. The van der Waals surface area contributed by atoms with Crippen LogP contribution < -0.4 is 11.0 Å². The van der Waals surface area contributed by atoms with Gasteiger partial charge in [-0.25, -0.2) is 4.79 Å². The predicted molar refractivity (Wildman–Crippen MR) is 154 cm³/mol. The van der Waals surface area contributed by atoms with E-state index in [2.05, 4.69) is 72.6 Å². The average molecular weight is 568 g/mol. The van der Waals surface area contributed by atoms with Crippen molar-refractivity contribution in [3.63, 3.8) is 0 Å². The lowest BCUT2D eigenvalue weighted by Crippen LogP contribution is -2.65. The second-order valence-corrected chi connectivity index (χ2v) is 21.0. The summed E-state index contributed by atoms with van der Waals surface area (Å²) in [6.45, 7) is 21.6. The molecule has 0 aliphatic carbocycles. The number of carbonyl (C=O) groups is 1. The van der Waals surface area contributed by atoms with Crippen molar-refractivity contribution in [1.29, 1.82) is 0 Å². The van der Waals surface area contributed by atoms with Gasteiger partial charge in [-0.2, -0.15) is 4.98 Å². The molecule has 3 rings (SSSR count). The van der Waals surface area contributed by atoms with E-state index < -0.39 is 29.0 Å². The number of rotatable bonds is 9. The van der Waals surface area contributed by atoms with Crippen LogP contribution in [0.1, 0.15) is 94.7 Å². The van der Waals surface area contributed by atoms with Crippen LogP contribution in [0.4, 0.5) is 5.82 Å². The van der Waals surface area contributed by atoms with Crippen LogP contribution in [0.15, 0.2) is 17.1 Å². The number of aromatic nitrogens is 2. The zero-order valence-electron chi connectivity index (χ0n) is 24.9. The molecule has 38 heavy (non-hydrogen) atoms. The molecule has 0 bridgehead atoms. The summed E-state index contributed by atoms with van der Waals surface area (Å²) in [5.41, 5.74) is 0.447. The highest BCUT2D eigenvalue weighted by molar-refractivity contribution is 6.83. The van der Waals surface area contributed by atoms with E-state index in [-0.39, 0.29) is 52.0 Å². The first kappa shape index (κ1) is 31.2. The Morgan fingerprint density at radius 3 is 2.18 bits per heavy atom. The van der Waals surface area contributed by atoms with Crippen molar-refractivity contribution in [3.05, 3.63) is 22.7 Å². The molecule has 11 heteroatoms. The molecule has 4 atom stereocenters. The molecular formula is C27H49N3O6Si2. The molecule has 2 saturated heterocycles. The van der Waals surface area contributed by atoms with Gasteiger partial charge in [-0.15, -0.1) is 0 Å². The maximum absolute atomic E-state index is 13.1. The van der Waals surface area contributed by atoms with Crippen molar-refractivity contribution in [2.75, 3.05) is 11.9 Å². The molecule has 0 radical (unpaired) electrons. The van der Waals surface area contributed by atoms with Gasteiger partial charge in [-0.05, 0) is 34.7 Å². The fourth-order valence-corrected chi connectivity index (χ4v) is 17.4. The minimum absolute atomic E-state index is 0.0603. The van der Waals surface area contributed by atoms with Gasteiger partial charge in [0.15, 0.2) is 0 Å². The van der Waals surface area contributed by atoms with Gasteiger partial charge in [-0.1, -0.05) is 75.2 Å². The fourth-order valence-electron chi connectivity index (χ4n) is 6.11. The second-order valence-electron chi connectivity index (χ2n) is 12.1. The van der Waals surface area contributed by atoms with Crippen LogP contribution >= 0.6 is 0 Å². The number of nitrogens with one attached hydrogen (secondary N) is 1. The number of hydrogen-bond donors (Lipinski definition) is 1. The topological polar surface area (TPSA) is 101 Å². The molecule has 0 unspecified atom stereocenters. The van der Waals surface area contributed by atoms with Crippen LogP contribution in [-0.2, 0) is 22.5 Å². The Labute approximate surface area is 230 Å². The number of ether oxygens (including phenoxy) is 1. The van der Waals surface area contributed by atoms with Gasteiger partial charge in [0.1, 0.15) is 18.1 Å². The summed E-state index contributed by atoms with van der Waals surface area (Å²) in [5, 5.41) is 2.59.